The van der Waals surface area contributed by atoms with Gasteiger partial charge in [-0.3, -0.25) is 5.01 Å². The van der Waals surface area contributed by atoms with Crippen LogP contribution >= 0.6 is 23.4 Å². The summed E-state index contributed by atoms with van der Waals surface area (Å²) in [6.07, 6.45) is 1.45. The zero-order valence-electron chi connectivity index (χ0n) is 10.7. The van der Waals surface area contributed by atoms with Gasteiger partial charge < -0.3 is 5.73 Å². The third-order valence-corrected chi connectivity index (χ3v) is 3.63. The van der Waals surface area contributed by atoms with Gasteiger partial charge in [0.1, 0.15) is 6.33 Å². The summed E-state index contributed by atoms with van der Waals surface area (Å²) >= 11 is 7.36. The van der Waals surface area contributed by atoms with Crippen LogP contribution in [0.5, 0.6) is 0 Å². The quantitative estimate of drug-likeness (QED) is 0.474. The van der Waals surface area contributed by atoms with Crippen molar-refractivity contribution in [2.24, 2.45) is 11.6 Å². The Morgan fingerprint density at radius 2 is 1.95 bits per heavy atom. The van der Waals surface area contributed by atoms with Gasteiger partial charge in [0.25, 0.3) is 0 Å². The number of nitrogens with two attached hydrogens (primary N) is 2. The summed E-state index contributed by atoms with van der Waals surface area (Å²) in [5, 5.41) is 2.76. The summed E-state index contributed by atoms with van der Waals surface area (Å²) in [4.78, 5) is 12.4. The van der Waals surface area contributed by atoms with Crippen molar-refractivity contribution in [3.8, 4) is 0 Å². The maximum atomic E-state index is 5.84. The van der Waals surface area contributed by atoms with Gasteiger partial charge in [-0.05, 0) is 17.7 Å². The fourth-order valence-corrected chi connectivity index (χ4v) is 2.33. The third kappa shape index (κ3) is 4.31. The number of hydrazine groups is 1. The van der Waals surface area contributed by atoms with Crippen LogP contribution in [0.25, 0.3) is 0 Å². The van der Waals surface area contributed by atoms with E-state index in [0.29, 0.717) is 24.2 Å². The number of hydrogen-bond acceptors (Lipinski definition) is 7. The minimum atomic E-state index is 0.420. The number of rotatable bonds is 6. The van der Waals surface area contributed by atoms with Crippen molar-refractivity contribution in [3.63, 3.8) is 0 Å². The Bertz CT molecular complexity index is 550. The Balaban J connectivity index is 1.99. The van der Waals surface area contributed by atoms with Crippen molar-refractivity contribution in [2.75, 3.05) is 18.1 Å². The number of nitrogens with zero attached hydrogens (tertiary/aromatic N) is 4. The highest BCUT2D eigenvalue weighted by atomic mass is 35.5. The highest BCUT2D eigenvalue weighted by molar-refractivity contribution is 7.98. The summed E-state index contributed by atoms with van der Waals surface area (Å²) in [5.74, 6) is 6.95. The van der Waals surface area contributed by atoms with Crippen molar-refractivity contribution in [1.29, 1.82) is 0 Å². The first-order chi connectivity index (χ1) is 9.69. The van der Waals surface area contributed by atoms with E-state index in [9.17, 15) is 0 Å². The van der Waals surface area contributed by atoms with Crippen molar-refractivity contribution in [3.05, 3.63) is 41.2 Å². The number of benzene rings is 1. The van der Waals surface area contributed by atoms with Gasteiger partial charge in [-0.25, -0.2) is 10.8 Å². The summed E-state index contributed by atoms with van der Waals surface area (Å²) < 4.78 is 0. The number of aromatic nitrogens is 3. The van der Waals surface area contributed by atoms with E-state index < -0.39 is 0 Å². The first-order valence-corrected chi connectivity index (χ1v) is 7.34. The van der Waals surface area contributed by atoms with E-state index in [4.69, 9.17) is 23.2 Å². The van der Waals surface area contributed by atoms with Crippen molar-refractivity contribution < 1.29 is 0 Å². The number of hydrogen-bond donors (Lipinski definition) is 2. The van der Waals surface area contributed by atoms with E-state index >= 15 is 0 Å². The largest absolute Gasteiger partial charge is 0.329 e. The maximum absolute atomic E-state index is 5.84. The molecule has 0 amide bonds. The van der Waals surface area contributed by atoms with Crippen molar-refractivity contribution in [1.82, 2.24) is 15.0 Å². The fraction of sp³-hybridized carbons (Fsp3) is 0.250. The molecule has 0 radical (unpaired) electrons. The molecule has 0 fully saturated rings. The number of halogens is 1. The van der Waals surface area contributed by atoms with Crippen LogP contribution in [0.1, 0.15) is 5.56 Å². The fourth-order valence-electron chi connectivity index (χ4n) is 1.45. The van der Waals surface area contributed by atoms with Crippen molar-refractivity contribution in [2.45, 2.75) is 10.9 Å². The molecule has 6 nitrogen and oxygen atoms in total. The van der Waals surface area contributed by atoms with Crippen molar-refractivity contribution >= 4 is 29.3 Å². The molecule has 2 rings (SSSR count). The van der Waals surface area contributed by atoms with Crippen LogP contribution in [0.2, 0.25) is 5.02 Å². The minimum Gasteiger partial charge on any atom is -0.329 e. The monoisotopic (exact) mass is 310 g/mol. The second-order valence-corrected chi connectivity index (χ2v) is 5.34. The standard InChI is InChI=1S/C12H15ClN6S/c13-10-3-1-9(2-4-10)7-20-12-17-8-16-11(18-12)19(15)6-5-14/h1-4,8H,5-7,14-15H2. The molecule has 20 heavy (non-hydrogen) atoms. The van der Waals surface area contributed by atoms with Crippen LogP contribution in [0.15, 0.2) is 35.7 Å². The Labute approximate surface area is 126 Å². The van der Waals surface area contributed by atoms with Crippen LogP contribution in [-0.4, -0.2) is 28.0 Å². The first kappa shape index (κ1) is 15.0. The van der Waals surface area contributed by atoms with Crippen LogP contribution in [-0.2, 0) is 5.75 Å². The Kier molecular flexibility index (Phi) is 5.54. The maximum Gasteiger partial charge on any atom is 0.243 e. The molecule has 0 bridgehead atoms. The Morgan fingerprint density at radius 3 is 2.65 bits per heavy atom. The number of anilines is 1. The van der Waals surface area contributed by atoms with Gasteiger partial charge >= 0.3 is 0 Å². The molecule has 0 aliphatic heterocycles. The smallest absolute Gasteiger partial charge is 0.243 e. The average Bonchev–Trinajstić information content (AvgIpc) is 2.47. The van der Waals surface area contributed by atoms with E-state index in [2.05, 4.69) is 15.0 Å². The molecule has 106 valence electrons. The topological polar surface area (TPSA) is 94.0 Å². The molecular weight excluding hydrogens is 296 g/mol. The van der Waals surface area contributed by atoms with Crippen LogP contribution < -0.4 is 16.6 Å². The minimum absolute atomic E-state index is 0.420. The third-order valence-electron chi connectivity index (χ3n) is 2.45. The molecule has 1 aromatic heterocycles. The Hall–Kier alpha value is -1.41. The van der Waals surface area contributed by atoms with Gasteiger partial charge in [0.15, 0.2) is 5.16 Å². The molecule has 0 aliphatic carbocycles. The highest BCUT2D eigenvalue weighted by Gasteiger charge is 2.06. The second kappa shape index (κ2) is 7.39. The molecule has 1 aromatic carbocycles. The van der Waals surface area contributed by atoms with E-state index in [1.54, 1.807) is 0 Å². The molecule has 0 saturated heterocycles. The molecule has 8 heteroatoms. The lowest BCUT2D eigenvalue weighted by molar-refractivity contribution is 0.765. The van der Waals surface area contributed by atoms with Crippen LogP contribution in [0, 0.1) is 0 Å². The molecule has 0 atom stereocenters. The zero-order chi connectivity index (χ0) is 14.4. The van der Waals surface area contributed by atoms with E-state index in [-0.39, 0.29) is 0 Å². The second-order valence-electron chi connectivity index (χ2n) is 3.97. The molecule has 0 saturated carbocycles. The van der Waals surface area contributed by atoms with E-state index in [1.807, 2.05) is 24.3 Å². The lowest BCUT2D eigenvalue weighted by Gasteiger charge is -2.14. The van der Waals surface area contributed by atoms with Gasteiger partial charge in [0, 0.05) is 23.9 Å². The lowest BCUT2D eigenvalue weighted by atomic mass is 10.2. The molecule has 4 N–H and O–H groups in total. The van der Waals surface area contributed by atoms with E-state index in [0.717, 1.165) is 16.3 Å². The first-order valence-electron chi connectivity index (χ1n) is 5.97. The lowest BCUT2D eigenvalue weighted by Crippen LogP contribution is -2.37. The van der Waals surface area contributed by atoms with Gasteiger partial charge in [0.05, 0.1) is 0 Å². The Morgan fingerprint density at radius 1 is 1.20 bits per heavy atom. The molecule has 1 heterocycles. The average molecular weight is 311 g/mol. The van der Waals surface area contributed by atoms with Gasteiger partial charge in [0.2, 0.25) is 5.95 Å². The SMILES string of the molecule is NCCN(N)c1ncnc(SCc2ccc(Cl)cc2)n1. The summed E-state index contributed by atoms with van der Waals surface area (Å²) in [6, 6.07) is 7.67. The van der Waals surface area contributed by atoms with Gasteiger partial charge in [-0.1, -0.05) is 35.5 Å². The molecule has 0 aliphatic rings. The van der Waals surface area contributed by atoms with E-state index in [1.165, 1.54) is 23.1 Å². The highest BCUT2D eigenvalue weighted by Crippen LogP contribution is 2.20. The number of thioether (sulfide) groups is 1. The zero-order valence-corrected chi connectivity index (χ0v) is 12.3. The van der Waals surface area contributed by atoms with Gasteiger partial charge in [-0.15, -0.1) is 0 Å². The van der Waals surface area contributed by atoms with Crippen LogP contribution in [0.3, 0.4) is 0 Å². The molecule has 0 unspecified atom stereocenters. The molecule has 2 aromatic rings. The van der Waals surface area contributed by atoms with Gasteiger partial charge in [-0.2, -0.15) is 9.97 Å². The predicted octanol–water partition coefficient (Wildman–Crippen LogP) is 1.46. The molecule has 0 spiro atoms. The molecular formula is C12H15ClN6S. The predicted molar refractivity (Wildman–Crippen MR) is 81.4 cm³/mol. The van der Waals surface area contributed by atoms with Crippen LogP contribution in [0.4, 0.5) is 5.95 Å². The normalized spacial score (nSPS) is 10.6. The summed E-state index contributed by atoms with van der Waals surface area (Å²) in [6.45, 7) is 0.931. The summed E-state index contributed by atoms with van der Waals surface area (Å²) in [7, 11) is 0. The summed E-state index contributed by atoms with van der Waals surface area (Å²) in [5.41, 5.74) is 6.59.